The number of hydrogen-bond acceptors (Lipinski definition) is 1. The maximum atomic E-state index is 2.46. The molecule has 0 saturated heterocycles. The molecule has 0 radical (unpaired) electrons. The van der Waals surface area contributed by atoms with Crippen LogP contribution in [0.5, 0.6) is 0 Å². The molecule has 0 N–H and O–H groups in total. The topological polar surface area (TPSA) is 8.17 Å². The van der Waals surface area contributed by atoms with E-state index < -0.39 is 0 Å². The van der Waals surface area contributed by atoms with Gasteiger partial charge in [-0.25, -0.2) is 0 Å². The van der Waals surface area contributed by atoms with Gasteiger partial charge in [0.05, 0.1) is 11.2 Å². The zero-order valence-corrected chi connectivity index (χ0v) is 36.4. The first-order valence-corrected chi connectivity index (χ1v) is 23.0. The summed E-state index contributed by atoms with van der Waals surface area (Å²) < 4.78 is 2.46. The molecule has 12 aromatic rings. The average Bonchev–Trinajstić information content (AvgIpc) is 3.71. The molecule has 2 nitrogen and oxygen atoms in total. The third-order valence-corrected chi connectivity index (χ3v) is 13.9. The fourth-order valence-corrected chi connectivity index (χ4v) is 10.7. The summed E-state index contributed by atoms with van der Waals surface area (Å²) in [5.74, 6) is 0.168. The molecular weight excluding hydrogens is 797 g/mol. The largest absolute Gasteiger partial charge is 0.310 e. The summed E-state index contributed by atoms with van der Waals surface area (Å²) in [6, 6.07) is 87.2. The number of anilines is 3. The van der Waals surface area contributed by atoms with Crippen LogP contribution in [0, 0.1) is 0 Å². The third kappa shape index (κ3) is 6.41. The minimum Gasteiger partial charge on any atom is -0.310 e. The van der Waals surface area contributed by atoms with E-state index >= 15 is 0 Å². The molecule has 0 aliphatic heterocycles. The number of benzene rings is 11. The zero-order chi connectivity index (χ0) is 43.6. The molecule has 66 heavy (non-hydrogen) atoms. The molecule has 0 fully saturated rings. The van der Waals surface area contributed by atoms with Crippen molar-refractivity contribution in [2.75, 3.05) is 4.90 Å². The number of allylic oxidation sites excluding steroid dienone is 1. The second-order valence-electron chi connectivity index (χ2n) is 17.7. The predicted octanol–water partition coefficient (Wildman–Crippen LogP) is 17.6. The lowest BCUT2D eigenvalue weighted by molar-refractivity contribution is 0.819. The van der Waals surface area contributed by atoms with Gasteiger partial charge in [0, 0.05) is 34.1 Å². The van der Waals surface area contributed by atoms with Crippen LogP contribution in [0.4, 0.5) is 17.1 Å². The predicted molar refractivity (Wildman–Crippen MR) is 281 cm³/mol. The smallest absolute Gasteiger partial charge is 0.0544 e. The quantitative estimate of drug-likeness (QED) is 0.145. The Balaban J connectivity index is 0.934. The minimum absolute atomic E-state index is 0.168. The van der Waals surface area contributed by atoms with Gasteiger partial charge in [-0.3, -0.25) is 0 Å². The molecule has 0 saturated carbocycles. The highest BCUT2D eigenvalue weighted by Crippen LogP contribution is 2.46. The number of nitrogens with zero attached hydrogens (tertiary/aromatic N) is 2. The summed E-state index contributed by atoms with van der Waals surface area (Å²) in [7, 11) is 0. The molecule has 0 bridgehead atoms. The van der Waals surface area contributed by atoms with Crippen LogP contribution in [0.2, 0.25) is 0 Å². The molecule has 1 aliphatic rings. The SMILES string of the molecule is C1=Cc2c(c3cc4ccccc4cc3n2-c2ccccc2)C(c2cccc(N(c3ccc(-c4ccc5c(ccc6ccccc65)c4)cc3)c3ccc(-c4cccc5ccccc45)cc3)c2)C1. The van der Waals surface area contributed by atoms with Crippen LogP contribution in [0.15, 0.2) is 243 Å². The summed E-state index contributed by atoms with van der Waals surface area (Å²) in [5.41, 5.74) is 14.6. The van der Waals surface area contributed by atoms with Gasteiger partial charge in [0.1, 0.15) is 0 Å². The van der Waals surface area contributed by atoms with Crippen LogP contribution in [0.3, 0.4) is 0 Å². The second kappa shape index (κ2) is 15.7. The number of rotatable bonds is 7. The Morgan fingerprint density at radius 2 is 0.985 bits per heavy atom. The van der Waals surface area contributed by atoms with Crippen molar-refractivity contribution in [2.45, 2.75) is 12.3 Å². The van der Waals surface area contributed by atoms with Gasteiger partial charge in [0.25, 0.3) is 0 Å². The maximum absolute atomic E-state index is 2.46. The van der Waals surface area contributed by atoms with Gasteiger partial charge in [0.15, 0.2) is 0 Å². The van der Waals surface area contributed by atoms with Crippen LogP contribution in [-0.2, 0) is 0 Å². The monoisotopic (exact) mass is 840 g/mol. The van der Waals surface area contributed by atoms with Crippen molar-refractivity contribution >= 4 is 77.1 Å². The van der Waals surface area contributed by atoms with E-state index in [9.17, 15) is 0 Å². The molecular formula is C64H44N2. The molecule has 0 spiro atoms. The van der Waals surface area contributed by atoms with Gasteiger partial charge < -0.3 is 9.47 Å². The van der Waals surface area contributed by atoms with Gasteiger partial charge in [-0.15, -0.1) is 0 Å². The zero-order valence-electron chi connectivity index (χ0n) is 36.4. The molecule has 310 valence electrons. The van der Waals surface area contributed by atoms with Crippen molar-refractivity contribution in [2.24, 2.45) is 0 Å². The molecule has 1 atom stereocenters. The van der Waals surface area contributed by atoms with Gasteiger partial charge >= 0.3 is 0 Å². The fraction of sp³-hybridized carbons (Fsp3) is 0.0312. The summed E-state index contributed by atoms with van der Waals surface area (Å²) in [4.78, 5) is 2.42. The molecule has 0 amide bonds. The van der Waals surface area contributed by atoms with E-state index in [-0.39, 0.29) is 5.92 Å². The lowest BCUT2D eigenvalue weighted by atomic mass is 9.83. The summed E-state index contributed by atoms with van der Waals surface area (Å²) >= 11 is 0. The standard InChI is InChI=1S/C64H44N2/c1-2-19-52(20-3-1)66-62-26-12-25-60(64(62)61-41-47-15-4-5-16-48(47)42-63(61)66)50-18-10-21-55(40-50)65(54-36-31-46(32-37-54)58-24-11-17-44-13-6-8-22-56(44)58)53-34-29-43(30-35-53)49-33-38-59-51(39-49)28-27-45-14-7-9-23-57(45)59/h1-24,26-42,60H,25H2. The Morgan fingerprint density at radius 1 is 0.379 bits per heavy atom. The number of fused-ring (bicyclic) bond motifs is 8. The summed E-state index contributed by atoms with van der Waals surface area (Å²) in [6.07, 6.45) is 5.64. The molecule has 1 aliphatic carbocycles. The van der Waals surface area contributed by atoms with Gasteiger partial charge in [-0.1, -0.05) is 176 Å². The minimum atomic E-state index is 0.168. The van der Waals surface area contributed by atoms with Crippen LogP contribution < -0.4 is 4.90 Å². The van der Waals surface area contributed by atoms with E-state index in [0.717, 1.165) is 23.5 Å². The highest BCUT2D eigenvalue weighted by atomic mass is 15.1. The normalized spacial score (nSPS) is 13.5. The molecule has 2 heteroatoms. The van der Waals surface area contributed by atoms with Crippen molar-refractivity contribution in [3.63, 3.8) is 0 Å². The number of para-hydroxylation sites is 1. The van der Waals surface area contributed by atoms with Crippen LogP contribution in [0.25, 0.3) is 88.0 Å². The molecule has 11 aromatic carbocycles. The highest BCUT2D eigenvalue weighted by Gasteiger charge is 2.28. The van der Waals surface area contributed by atoms with Crippen molar-refractivity contribution in [3.05, 3.63) is 259 Å². The van der Waals surface area contributed by atoms with Crippen molar-refractivity contribution < 1.29 is 0 Å². The Labute approximate surface area is 384 Å². The first kappa shape index (κ1) is 38.0. The van der Waals surface area contributed by atoms with E-state index in [1.54, 1.807) is 0 Å². The van der Waals surface area contributed by atoms with E-state index in [1.165, 1.54) is 98.8 Å². The Morgan fingerprint density at radius 3 is 1.77 bits per heavy atom. The lowest BCUT2D eigenvalue weighted by Crippen LogP contribution is -2.12. The summed E-state index contributed by atoms with van der Waals surface area (Å²) in [6.45, 7) is 0. The van der Waals surface area contributed by atoms with Gasteiger partial charge in [-0.2, -0.15) is 0 Å². The van der Waals surface area contributed by atoms with E-state index in [2.05, 4.69) is 258 Å². The molecule has 13 rings (SSSR count). The summed E-state index contributed by atoms with van der Waals surface area (Å²) in [5, 5.41) is 11.4. The average molecular weight is 841 g/mol. The van der Waals surface area contributed by atoms with Crippen molar-refractivity contribution in [3.8, 4) is 27.9 Å². The van der Waals surface area contributed by atoms with Gasteiger partial charge in [-0.05, 0) is 156 Å². The third-order valence-electron chi connectivity index (χ3n) is 13.9. The Hall–Kier alpha value is -8.46. The maximum Gasteiger partial charge on any atom is 0.0544 e. The van der Waals surface area contributed by atoms with Crippen molar-refractivity contribution in [1.29, 1.82) is 0 Å². The molecule has 1 aromatic heterocycles. The van der Waals surface area contributed by atoms with Crippen LogP contribution in [0.1, 0.15) is 29.2 Å². The van der Waals surface area contributed by atoms with Gasteiger partial charge in [0.2, 0.25) is 0 Å². The van der Waals surface area contributed by atoms with E-state index in [0.29, 0.717) is 0 Å². The van der Waals surface area contributed by atoms with Crippen LogP contribution in [-0.4, -0.2) is 4.57 Å². The second-order valence-corrected chi connectivity index (χ2v) is 17.7. The van der Waals surface area contributed by atoms with E-state index in [4.69, 9.17) is 0 Å². The lowest BCUT2D eigenvalue weighted by Gasteiger charge is -2.28. The Kier molecular flexibility index (Phi) is 9.02. The first-order valence-electron chi connectivity index (χ1n) is 23.0. The highest BCUT2D eigenvalue weighted by molar-refractivity contribution is 6.08. The first-order chi connectivity index (χ1) is 32.7. The van der Waals surface area contributed by atoms with E-state index in [1.807, 2.05) is 0 Å². The van der Waals surface area contributed by atoms with Crippen LogP contribution >= 0.6 is 0 Å². The molecule has 1 unspecified atom stereocenters. The van der Waals surface area contributed by atoms with Crippen molar-refractivity contribution in [1.82, 2.24) is 4.57 Å². The number of hydrogen-bond donors (Lipinski definition) is 0. The Bertz CT molecular complexity index is 3830. The number of aromatic nitrogens is 1. The fourth-order valence-electron chi connectivity index (χ4n) is 10.7. The molecule has 1 heterocycles.